The lowest BCUT2D eigenvalue weighted by Gasteiger charge is -2.01. The average Bonchev–Trinajstić information content (AvgIpc) is 2.88. The summed E-state index contributed by atoms with van der Waals surface area (Å²) < 4.78 is 2.88. The van der Waals surface area contributed by atoms with Crippen molar-refractivity contribution in [2.24, 2.45) is 0 Å². The second-order valence-electron chi connectivity index (χ2n) is 4.16. The van der Waals surface area contributed by atoms with Crippen LogP contribution in [0, 0.1) is 0 Å². The van der Waals surface area contributed by atoms with E-state index < -0.39 is 0 Å². The second kappa shape index (κ2) is 5.19. The molecule has 2 aromatic carbocycles. The molecule has 2 nitrogen and oxygen atoms in total. The van der Waals surface area contributed by atoms with E-state index >= 15 is 0 Å². The number of aromatic nitrogens is 2. The minimum absolute atomic E-state index is 0.706. The van der Waals surface area contributed by atoms with Crippen LogP contribution >= 0.6 is 27.5 Å². The van der Waals surface area contributed by atoms with Crippen molar-refractivity contribution in [3.05, 3.63) is 70.4 Å². The molecule has 0 spiro atoms. The van der Waals surface area contributed by atoms with Gasteiger partial charge in [-0.2, -0.15) is 5.10 Å². The highest BCUT2D eigenvalue weighted by Crippen LogP contribution is 2.24. The molecule has 0 atom stereocenters. The zero-order valence-corrected chi connectivity index (χ0v) is 12.3. The molecule has 0 saturated carbocycles. The lowest BCUT2D eigenvalue weighted by atomic mass is 10.1. The SMILES string of the molecule is Clc1cccc(-n2cc(-c3cccc(Br)c3)cn2)c1. The fraction of sp³-hybridized carbons (Fsp3) is 0. The summed E-state index contributed by atoms with van der Waals surface area (Å²) in [6, 6.07) is 15.8. The summed E-state index contributed by atoms with van der Waals surface area (Å²) in [6.07, 6.45) is 3.84. The Labute approximate surface area is 124 Å². The van der Waals surface area contributed by atoms with Crippen molar-refractivity contribution in [3.63, 3.8) is 0 Å². The quantitative estimate of drug-likeness (QED) is 0.648. The van der Waals surface area contributed by atoms with Gasteiger partial charge in [-0.15, -0.1) is 0 Å². The highest BCUT2D eigenvalue weighted by molar-refractivity contribution is 9.10. The summed E-state index contributed by atoms with van der Waals surface area (Å²) >= 11 is 9.47. The van der Waals surface area contributed by atoms with Gasteiger partial charge in [-0.3, -0.25) is 0 Å². The molecule has 1 heterocycles. The Morgan fingerprint density at radius 1 is 1.00 bits per heavy atom. The molecule has 0 radical (unpaired) electrons. The normalized spacial score (nSPS) is 10.6. The monoisotopic (exact) mass is 332 g/mol. The van der Waals surface area contributed by atoms with Crippen LogP contribution in [-0.4, -0.2) is 9.78 Å². The molecule has 0 aliphatic rings. The third-order valence-electron chi connectivity index (χ3n) is 2.81. The van der Waals surface area contributed by atoms with Gasteiger partial charge in [0, 0.05) is 21.3 Å². The van der Waals surface area contributed by atoms with Gasteiger partial charge in [0.25, 0.3) is 0 Å². The Morgan fingerprint density at radius 2 is 1.84 bits per heavy atom. The maximum Gasteiger partial charge on any atom is 0.0660 e. The lowest BCUT2D eigenvalue weighted by molar-refractivity contribution is 0.881. The van der Waals surface area contributed by atoms with Gasteiger partial charge in [0.1, 0.15) is 0 Å². The molecule has 4 heteroatoms. The molecule has 3 rings (SSSR count). The number of halogens is 2. The van der Waals surface area contributed by atoms with Crippen LogP contribution in [0.4, 0.5) is 0 Å². The third kappa shape index (κ3) is 2.72. The highest BCUT2D eigenvalue weighted by atomic mass is 79.9. The van der Waals surface area contributed by atoms with Crippen LogP contribution in [-0.2, 0) is 0 Å². The van der Waals surface area contributed by atoms with E-state index in [1.807, 2.05) is 53.5 Å². The first-order valence-electron chi connectivity index (χ1n) is 5.79. The van der Waals surface area contributed by atoms with Gasteiger partial charge in [-0.05, 0) is 35.9 Å². The van der Waals surface area contributed by atoms with E-state index in [4.69, 9.17) is 11.6 Å². The fourth-order valence-electron chi connectivity index (χ4n) is 1.90. The smallest absolute Gasteiger partial charge is 0.0660 e. The molecule has 0 aliphatic carbocycles. The minimum Gasteiger partial charge on any atom is -0.240 e. The van der Waals surface area contributed by atoms with Crippen molar-refractivity contribution < 1.29 is 0 Å². The second-order valence-corrected chi connectivity index (χ2v) is 5.52. The van der Waals surface area contributed by atoms with Crippen molar-refractivity contribution in [3.8, 4) is 16.8 Å². The molecule has 19 heavy (non-hydrogen) atoms. The van der Waals surface area contributed by atoms with Crippen molar-refractivity contribution in [2.45, 2.75) is 0 Å². The first kappa shape index (κ1) is 12.5. The van der Waals surface area contributed by atoms with Gasteiger partial charge in [0.2, 0.25) is 0 Å². The number of hydrogen-bond acceptors (Lipinski definition) is 1. The van der Waals surface area contributed by atoms with Gasteiger partial charge in [0.05, 0.1) is 11.9 Å². The van der Waals surface area contributed by atoms with E-state index in [-0.39, 0.29) is 0 Å². The van der Waals surface area contributed by atoms with Gasteiger partial charge in [0.15, 0.2) is 0 Å². The summed E-state index contributed by atoms with van der Waals surface area (Å²) in [6.45, 7) is 0. The predicted octanol–water partition coefficient (Wildman–Crippen LogP) is 4.96. The Hall–Kier alpha value is -1.58. The molecule has 94 valence electrons. The molecular weight excluding hydrogens is 324 g/mol. The molecule has 0 amide bonds. The van der Waals surface area contributed by atoms with E-state index in [1.165, 1.54) is 0 Å². The van der Waals surface area contributed by atoms with Crippen molar-refractivity contribution in [2.75, 3.05) is 0 Å². The number of nitrogens with zero attached hydrogens (tertiary/aromatic N) is 2. The standard InChI is InChI=1S/C15H10BrClN2/c16-13-4-1-3-11(7-13)12-9-18-19(10-12)15-6-2-5-14(17)8-15/h1-10H. The third-order valence-corrected chi connectivity index (χ3v) is 3.54. The van der Waals surface area contributed by atoms with Crippen LogP contribution in [0.5, 0.6) is 0 Å². The molecule has 0 unspecified atom stereocenters. The average molecular weight is 334 g/mol. The first-order chi connectivity index (χ1) is 9.22. The van der Waals surface area contributed by atoms with E-state index in [9.17, 15) is 0 Å². The van der Waals surface area contributed by atoms with Crippen LogP contribution in [0.15, 0.2) is 65.4 Å². The van der Waals surface area contributed by atoms with E-state index in [0.29, 0.717) is 5.02 Å². The summed E-state index contributed by atoms with van der Waals surface area (Å²) in [5.41, 5.74) is 3.15. The predicted molar refractivity (Wildman–Crippen MR) is 81.7 cm³/mol. The van der Waals surface area contributed by atoms with Gasteiger partial charge >= 0.3 is 0 Å². The van der Waals surface area contributed by atoms with Crippen LogP contribution in [0.3, 0.4) is 0 Å². The topological polar surface area (TPSA) is 17.8 Å². The molecule has 3 aromatic rings. The molecule has 1 aromatic heterocycles. The molecule has 0 saturated heterocycles. The van der Waals surface area contributed by atoms with Crippen molar-refractivity contribution in [1.29, 1.82) is 0 Å². The Bertz CT molecular complexity index is 661. The fourth-order valence-corrected chi connectivity index (χ4v) is 2.48. The number of hydrogen-bond donors (Lipinski definition) is 0. The Balaban J connectivity index is 2.00. The zero-order valence-electron chi connectivity index (χ0n) is 9.92. The molecule has 0 N–H and O–H groups in total. The van der Waals surface area contributed by atoms with Crippen LogP contribution in [0.25, 0.3) is 16.8 Å². The van der Waals surface area contributed by atoms with Crippen molar-refractivity contribution >= 4 is 27.5 Å². The van der Waals surface area contributed by atoms with Gasteiger partial charge in [-0.25, -0.2) is 4.68 Å². The van der Waals surface area contributed by atoms with Crippen LogP contribution in [0.1, 0.15) is 0 Å². The summed E-state index contributed by atoms with van der Waals surface area (Å²) in [5, 5.41) is 5.08. The largest absolute Gasteiger partial charge is 0.240 e. The molecular formula is C15H10BrClN2. The molecule has 0 fully saturated rings. The van der Waals surface area contributed by atoms with E-state index in [1.54, 1.807) is 0 Å². The summed E-state index contributed by atoms with van der Waals surface area (Å²) in [4.78, 5) is 0. The Morgan fingerprint density at radius 3 is 2.63 bits per heavy atom. The summed E-state index contributed by atoms with van der Waals surface area (Å²) in [5.74, 6) is 0. The van der Waals surface area contributed by atoms with E-state index in [0.717, 1.165) is 21.3 Å². The zero-order chi connectivity index (χ0) is 13.2. The molecule has 0 aliphatic heterocycles. The number of rotatable bonds is 2. The minimum atomic E-state index is 0.706. The van der Waals surface area contributed by atoms with Gasteiger partial charge < -0.3 is 0 Å². The highest BCUT2D eigenvalue weighted by Gasteiger charge is 2.04. The maximum atomic E-state index is 5.99. The van der Waals surface area contributed by atoms with Crippen molar-refractivity contribution in [1.82, 2.24) is 9.78 Å². The van der Waals surface area contributed by atoms with Gasteiger partial charge in [-0.1, -0.05) is 45.7 Å². The number of benzene rings is 2. The first-order valence-corrected chi connectivity index (χ1v) is 6.96. The van der Waals surface area contributed by atoms with Crippen LogP contribution in [0.2, 0.25) is 5.02 Å². The Kier molecular flexibility index (Phi) is 3.40. The lowest BCUT2D eigenvalue weighted by Crippen LogP contribution is -1.92. The molecule has 0 bridgehead atoms. The summed E-state index contributed by atoms with van der Waals surface area (Å²) in [7, 11) is 0. The van der Waals surface area contributed by atoms with Crippen LogP contribution < -0.4 is 0 Å². The maximum absolute atomic E-state index is 5.99. The van der Waals surface area contributed by atoms with E-state index in [2.05, 4.69) is 33.2 Å².